The van der Waals surface area contributed by atoms with Crippen LogP contribution in [0.15, 0.2) is 30.3 Å². The lowest BCUT2D eigenvalue weighted by molar-refractivity contribution is -0.144. The normalized spacial score (nSPS) is 22.3. The second-order valence-electron chi connectivity index (χ2n) is 7.20. The van der Waals surface area contributed by atoms with Crippen LogP contribution in [0, 0.1) is 5.92 Å². The van der Waals surface area contributed by atoms with E-state index in [1.165, 1.54) is 0 Å². The molecule has 1 aromatic carbocycles. The molecule has 0 saturated carbocycles. The van der Waals surface area contributed by atoms with Crippen molar-refractivity contribution in [2.45, 2.75) is 45.1 Å². The van der Waals surface area contributed by atoms with Gasteiger partial charge >= 0.3 is 5.97 Å². The lowest BCUT2D eigenvalue weighted by atomic mass is 9.90. The van der Waals surface area contributed by atoms with Crippen LogP contribution in [-0.4, -0.2) is 44.3 Å². The molecule has 2 heterocycles. The van der Waals surface area contributed by atoms with Gasteiger partial charge in [0.2, 0.25) is 0 Å². The summed E-state index contributed by atoms with van der Waals surface area (Å²) in [5.41, 5.74) is 3.60. The summed E-state index contributed by atoms with van der Waals surface area (Å²) >= 11 is 0. The van der Waals surface area contributed by atoms with Crippen molar-refractivity contribution in [2.75, 3.05) is 6.54 Å². The minimum Gasteiger partial charge on any atom is -0.481 e. The van der Waals surface area contributed by atoms with Gasteiger partial charge in [-0.2, -0.15) is 5.10 Å². The summed E-state index contributed by atoms with van der Waals surface area (Å²) in [4.78, 5) is 26.4. The zero-order chi connectivity index (χ0) is 18.3. The standard InChI is InChI=1S/C20H23N3O3/c1-13-15(20(25)26)10-6-12-22(13)19(24)18-16-9-5-11-17(16)23(21-18)14-7-3-2-4-8-14/h2-4,7-8,13,15H,5-6,9-12H2,1H3,(H,25,26)/t13-,15-/m1/s1. The molecule has 4 rings (SSSR count). The summed E-state index contributed by atoms with van der Waals surface area (Å²) < 4.78 is 1.89. The average molecular weight is 353 g/mol. The number of amides is 1. The van der Waals surface area contributed by atoms with E-state index in [1.807, 2.05) is 41.9 Å². The first-order valence-electron chi connectivity index (χ1n) is 9.28. The predicted molar refractivity (Wildman–Crippen MR) is 96.4 cm³/mol. The highest BCUT2D eigenvalue weighted by atomic mass is 16.4. The molecule has 2 aromatic rings. The Bertz CT molecular complexity index is 843. The molecule has 6 nitrogen and oxygen atoms in total. The van der Waals surface area contributed by atoms with Crippen molar-refractivity contribution in [1.82, 2.24) is 14.7 Å². The summed E-state index contributed by atoms with van der Waals surface area (Å²) in [6, 6.07) is 9.55. The van der Waals surface area contributed by atoms with Crippen LogP contribution in [0.2, 0.25) is 0 Å². The molecule has 0 unspecified atom stereocenters. The molecule has 1 saturated heterocycles. The first-order valence-corrected chi connectivity index (χ1v) is 9.28. The quantitative estimate of drug-likeness (QED) is 0.920. The van der Waals surface area contributed by atoms with Crippen molar-refractivity contribution in [2.24, 2.45) is 5.92 Å². The molecule has 26 heavy (non-hydrogen) atoms. The first-order chi connectivity index (χ1) is 12.6. The maximum Gasteiger partial charge on any atom is 0.308 e. The Labute approximate surface area is 152 Å². The van der Waals surface area contributed by atoms with Gasteiger partial charge in [0, 0.05) is 23.8 Å². The van der Waals surface area contributed by atoms with Crippen molar-refractivity contribution in [1.29, 1.82) is 0 Å². The summed E-state index contributed by atoms with van der Waals surface area (Å²) in [6.45, 7) is 2.43. The molecule has 0 bridgehead atoms. The Hall–Kier alpha value is -2.63. The number of aromatic nitrogens is 2. The number of fused-ring (bicyclic) bond motifs is 1. The summed E-state index contributed by atoms with van der Waals surface area (Å²) in [5, 5.41) is 14.1. The minimum absolute atomic E-state index is 0.128. The fraction of sp³-hybridized carbons (Fsp3) is 0.450. The Kier molecular flexibility index (Phi) is 4.26. The molecule has 1 amide bonds. The van der Waals surface area contributed by atoms with E-state index in [2.05, 4.69) is 5.10 Å². The van der Waals surface area contributed by atoms with E-state index >= 15 is 0 Å². The molecular weight excluding hydrogens is 330 g/mol. The number of carbonyl (C=O) groups excluding carboxylic acids is 1. The highest BCUT2D eigenvalue weighted by molar-refractivity contribution is 5.95. The molecule has 1 fully saturated rings. The van der Waals surface area contributed by atoms with E-state index in [0.717, 1.165) is 36.2 Å². The van der Waals surface area contributed by atoms with Crippen LogP contribution in [0.25, 0.3) is 5.69 Å². The average Bonchev–Trinajstić information content (AvgIpc) is 3.24. The number of piperidine rings is 1. The van der Waals surface area contributed by atoms with Gasteiger partial charge in [0.25, 0.3) is 5.91 Å². The molecule has 2 aliphatic rings. The second-order valence-corrected chi connectivity index (χ2v) is 7.20. The van der Waals surface area contributed by atoms with Crippen LogP contribution in [0.1, 0.15) is 47.9 Å². The highest BCUT2D eigenvalue weighted by Gasteiger charge is 2.38. The number of rotatable bonds is 3. The van der Waals surface area contributed by atoms with E-state index in [4.69, 9.17) is 0 Å². The Morgan fingerprint density at radius 3 is 2.65 bits per heavy atom. The van der Waals surface area contributed by atoms with Crippen LogP contribution < -0.4 is 0 Å². The molecule has 1 aliphatic carbocycles. The van der Waals surface area contributed by atoms with Gasteiger partial charge in [-0.3, -0.25) is 9.59 Å². The van der Waals surface area contributed by atoms with E-state index in [-0.39, 0.29) is 11.9 Å². The number of carboxylic acid groups (broad SMARTS) is 1. The second kappa shape index (κ2) is 6.59. The van der Waals surface area contributed by atoms with Crippen LogP contribution >= 0.6 is 0 Å². The van der Waals surface area contributed by atoms with E-state index in [9.17, 15) is 14.7 Å². The number of carbonyl (C=O) groups is 2. The van der Waals surface area contributed by atoms with Crippen molar-refractivity contribution < 1.29 is 14.7 Å². The van der Waals surface area contributed by atoms with Gasteiger partial charge in [-0.05, 0) is 51.2 Å². The summed E-state index contributed by atoms with van der Waals surface area (Å²) in [7, 11) is 0. The largest absolute Gasteiger partial charge is 0.481 e. The van der Waals surface area contributed by atoms with E-state index in [1.54, 1.807) is 4.90 Å². The van der Waals surface area contributed by atoms with Crippen molar-refractivity contribution in [3.63, 3.8) is 0 Å². The highest BCUT2D eigenvalue weighted by Crippen LogP contribution is 2.31. The van der Waals surface area contributed by atoms with Crippen molar-refractivity contribution >= 4 is 11.9 Å². The third-order valence-electron chi connectivity index (χ3n) is 5.70. The van der Waals surface area contributed by atoms with Gasteiger partial charge in [0.15, 0.2) is 5.69 Å². The molecule has 1 N–H and O–H groups in total. The third kappa shape index (κ3) is 2.69. The topological polar surface area (TPSA) is 75.4 Å². The zero-order valence-electron chi connectivity index (χ0n) is 14.9. The monoisotopic (exact) mass is 353 g/mol. The maximum atomic E-state index is 13.2. The zero-order valence-corrected chi connectivity index (χ0v) is 14.9. The van der Waals surface area contributed by atoms with E-state index < -0.39 is 11.9 Å². The molecule has 1 aliphatic heterocycles. The maximum absolute atomic E-state index is 13.2. The van der Waals surface area contributed by atoms with Gasteiger partial charge in [-0.15, -0.1) is 0 Å². The number of carboxylic acids is 1. The number of para-hydroxylation sites is 1. The van der Waals surface area contributed by atoms with E-state index in [0.29, 0.717) is 25.1 Å². The molecule has 0 radical (unpaired) electrons. The predicted octanol–water partition coefficient (Wildman–Crippen LogP) is 2.69. The number of nitrogens with zero attached hydrogens (tertiary/aromatic N) is 3. The molecule has 2 atom stereocenters. The lowest BCUT2D eigenvalue weighted by Crippen LogP contribution is -2.49. The molecule has 6 heteroatoms. The molecule has 1 aromatic heterocycles. The number of hydrogen-bond donors (Lipinski definition) is 1. The fourth-order valence-corrected chi connectivity index (χ4v) is 4.29. The van der Waals surface area contributed by atoms with Gasteiger partial charge in [0.1, 0.15) is 0 Å². The summed E-state index contributed by atoms with van der Waals surface area (Å²) in [6.07, 6.45) is 4.13. The molecule has 136 valence electrons. The number of hydrogen-bond acceptors (Lipinski definition) is 3. The molecule has 0 spiro atoms. The Morgan fingerprint density at radius 2 is 1.92 bits per heavy atom. The van der Waals surface area contributed by atoms with Gasteiger partial charge in [-0.1, -0.05) is 18.2 Å². The molecular formula is C20H23N3O3. The fourth-order valence-electron chi connectivity index (χ4n) is 4.29. The van der Waals surface area contributed by atoms with Crippen LogP contribution in [0.3, 0.4) is 0 Å². The van der Waals surface area contributed by atoms with Crippen molar-refractivity contribution in [3.05, 3.63) is 47.3 Å². The van der Waals surface area contributed by atoms with Gasteiger partial charge in [0.05, 0.1) is 11.6 Å². The first kappa shape index (κ1) is 16.8. The Balaban J connectivity index is 1.70. The van der Waals surface area contributed by atoms with Crippen molar-refractivity contribution in [3.8, 4) is 5.69 Å². The Morgan fingerprint density at radius 1 is 1.15 bits per heavy atom. The lowest BCUT2D eigenvalue weighted by Gasteiger charge is -2.37. The van der Waals surface area contributed by atoms with Crippen LogP contribution in [0.5, 0.6) is 0 Å². The SMILES string of the molecule is C[C@@H]1[C@H](C(=O)O)CCCN1C(=O)c1nn(-c2ccccc2)c2c1CCC2. The van der Waals surface area contributed by atoms with Crippen LogP contribution in [-0.2, 0) is 17.6 Å². The minimum atomic E-state index is -0.824. The van der Waals surface area contributed by atoms with Gasteiger partial charge in [-0.25, -0.2) is 4.68 Å². The third-order valence-corrected chi connectivity index (χ3v) is 5.70. The number of aliphatic carboxylic acids is 1. The van der Waals surface area contributed by atoms with Gasteiger partial charge < -0.3 is 10.0 Å². The summed E-state index contributed by atoms with van der Waals surface area (Å²) in [5.74, 6) is -1.46. The van der Waals surface area contributed by atoms with Crippen LogP contribution in [0.4, 0.5) is 0 Å². The number of benzene rings is 1. The smallest absolute Gasteiger partial charge is 0.308 e. The number of likely N-dealkylation sites (tertiary alicyclic amines) is 1.